The maximum absolute atomic E-state index is 12.9. The van der Waals surface area contributed by atoms with Gasteiger partial charge in [0.2, 0.25) is 11.8 Å². The summed E-state index contributed by atoms with van der Waals surface area (Å²) in [6, 6.07) is 14.8. The Labute approximate surface area is 155 Å². The molecule has 5 heteroatoms. The van der Waals surface area contributed by atoms with Gasteiger partial charge in [0.1, 0.15) is 11.8 Å². The van der Waals surface area contributed by atoms with Gasteiger partial charge in [0, 0.05) is 13.6 Å². The normalized spacial score (nSPS) is 11.5. The Bertz CT molecular complexity index is 756. The van der Waals surface area contributed by atoms with E-state index in [0.717, 1.165) is 22.4 Å². The second-order valence-corrected chi connectivity index (χ2v) is 6.33. The number of rotatable bonds is 7. The number of carbonyl (C=O) groups is 2. The Morgan fingerprint density at radius 3 is 2.38 bits per heavy atom. The topological polar surface area (TPSA) is 58.6 Å². The molecule has 2 aromatic rings. The number of methoxy groups -OCH3 is 1. The van der Waals surface area contributed by atoms with Crippen LogP contribution in [0.3, 0.4) is 0 Å². The molecule has 2 aromatic carbocycles. The highest BCUT2D eigenvalue weighted by atomic mass is 16.5. The van der Waals surface area contributed by atoms with Crippen molar-refractivity contribution in [2.45, 2.75) is 32.9 Å². The molecule has 2 rings (SSSR count). The first-order valence-electron chi connectivity index (χ1n) is 8.64. The van der Waals surface area contributed by atoms with Gasteiger partial charge >= 0.3 is 0 Å². The molecule has 0 aliphatic carbocycles. The van der Waals surface area contributed by atoms with Gasteiger partial charge in [-0.15, -0.1) is 0 Å². The van der Waals surface area contributed by atoms with Gasteiger partial charge in [0.15, 0.2) is 0 Å². The average Bonchev–Trinajstić information content (AvgIpc) is 2.65. The molecular weight excluding hydrogens is 328 g/mol. The first-order valence-corrected chi connectivity index (χ1v) is 8.64. The van der Waals surface area contributed by atoms with Crippen LogP contribution >= 0.6 is 0 Å². The van der Waals surface area contributed by atoms with Crippen molar-refractivity contribution >= 4 is 11.8 Å². The van der Waals surface area contributed by atoms with Crippen LogP contribution in [0.15, 0.2) is 48.5 Å². The molecule has 0 aliphatic rings. The summed E-state index contributed by atoms with van der Waals surface area (Å²) in [5.74, 6) is 0.477. The lowest BCUT2D eigenvalue weighted by Gasteiger charge is -2.28. The van der Waals surface area contributed by atoms with E-state index >= 15 is 0 Å². The third kappa shape index (κ3) is 5.09. The zero-order chi connectivity index (χ0) is 19.1. The Hall–Kier alpha value is -2.82. The summed E-state index contributed by atoms with van der Waals surface area (Å²) < 4.78 is 5.15. The third-order valence-electron chi connectivity index (χ3n) is 4.36. The SMILES string of the molecule is CNC(=O)[C@@H](C)N(Cc1cccc(C)c1)C(=O)Cc1ccc(OC)cc1. The van der Waals surface area contributed by atoms with Crippen LogP contribution in [0.25, 0.3) is 0 Å². The molecular formula is C21H26N2O3. The molecule has 5 nitrogen and oxygen atoms in total. The van der Waals surface area contributed by atoms with Crippen LogP contribution in [-0.4, -0.2) is 36.9 Å². The zero-order valence-electron chi connectivity index (χ0n) is 15.8. The molecule has 26 heavy (non-hydrogen) atoms. The number of benzene rings is 2. The molecule has 2 amide bonds. The molecule has 0 aliphatic heterocycles. The lowest BCUT2D eigenvalue weighted by atomic mass is 10.1. The second-order valence-electron chi connectivity index (χ2n) is 6.33. The van der Waals surface area contributed by atoms with E-state index < -0.39 is 6.04 Å². The number of nitrogens with zero attached hydrogens (tertiary/aromatic N) is 1. The summed E-state index contributed by atoms with van der Waals surface area (Å²) in [5, 5.41) is 2.63. The van der Waals surface area contributed by atoms with E-state index in [0.29, 0.717) is 6.54 Å². The molecule has 138 valence electrons. The van der Waals surface area contributed by atoms with E-state index in [2.05, 4.69) is 5.32 Å². The van der Waals surface area contributed by atoms with E-state index in [4.69, 9.17) is 4.74 Å². The van der Waals surface area contributed by atoms with E-state index in [1.54, 1.807) is 26.0 Å². The van der Waals surface area contributed by atoms with Gasteiger partial charge in [-0.2, -0.15) is 0 Å². The molecule has 0 aromatic heterocycles. The highest BCUT2D eigenvalue weighted by Gasteiger charge is 2.25. The van der Waals surface area contributed by atoms with Gasteiger partial charge in [0.05, 0.1) is 13.5 Å². The predicted molar refractivity (Wildman–Crippen MR) is 102 cm³/mol. The summed E-state index contributed by atoms with van der Waals surface area (Å²) in [5.41, 5.74) is 3.01. The van der Waals surface area contributed by atoms with Gasteiger partial charge in [-0.1, -0.05) is 42.0 Å². The van der Waals surface area contributed by atoms with E-state index in [9.17, 15) is 9.59 Å². The lowest BCUT2D eigenvalue weighted by molar-refractivity contribution is -0.139. The van der Waals surface area contributed by atoms with E-state index in [1.165, 1.54) is 0 Å². The summed E-state index contributed by atoms with van der Waals surface area (Å²) in [7, 11) is 3.19. The Kier molecular flexibility index (Phi) is 6.78. The summed E-state index contributed by atoms with van der Waals surface area (Å²) in [6.45, 7) is 4.15. The van der Waals surface area contributed by atoms with Crippen LogP contribution in [0, 0.1) is 6.92 Å². The highest BCUT2D eigenvalue weighted by Crippen LogP contribution is 2.16. The molecule has 0 unspecified atom stereocenters. The number of amides is 2. The molecule has 0 saturated carbocycles. The molecule has 0 radical (unpaired) electrons. The summed E-state index contributed by atoms with van der Waals surface area (Å²) in [6.07, 6.45) is 0.233. The maximum Gasteiger partial charge on any atom is 0.242 e. The van der Waals surface area contributed by atoms with Crippen molar-refractivity contribution in [3.63, 3.8) is 0 Å². The highest BCUT2D eigenvalue weighted by molar-refractivity contribution is 5.88. The minimum Gasteiger partial charge on any atom is -0.497 e. The van der Waals surface area contributed by atoms with Crippen molar-refractivity contribution in [3.8, 4) is 5.75 Å². The number of likely N-dealkylation sites (N-methyl/N-ethyl adjacent to an activating group) is 1. The fourth-order valence-electron chi connectivity index (χ4n) is 2.82. The maximum atomic E-state index is 12.9. The predicted octanol–water partition coefficient (Wildman–Crippen LogP) is 2.71. The van der Waals surface area contributed by atoms with Crippen molar-refractivity contribution in [1.82, 2.24) is 10.2 Å². The molecule has 1 atom stereocenters. The number of carbonyl (C=O) groups excluding carboxylic acids is 2. The minimum atomic E-state index is -0.550. The average molecular weight is 354 g/mol. The molecule has 1 N–H and O–H groups in total. The summed E-state index contributed by atoms with van der Waals surface area (Å²) >= 11 is 0. The first kappa shape index (κ1) is 19.5. The Balaban J connectivity index is 2.20. The van der Waals surface area contributed by atoms with Gasteiger partial charge in [0.25, 0.3) is 0 Å². The van der Waals surface area contributed by atoms with Gasteiger partial charge < -0.3 is 15.0 Å². The fourth-order valence-corrected chi connectivity index (χ4v) is 2.82. The van der Waals surface area contributed by atoms with E-state index in [1.807, 2.05) is 55.5 Å². The number of ether oxygens (including phenoxy) is 1. The van der Waals surface area contributed by atoms with Crippen molar-refractivity contribution in [2.24, 2.45) is 0 Å². The molecule has 0 saturated heterocycles. The standard InChI is InChI=1S/C21H26N2O3/c1-15-6-5-7-18(12-15)14-23(16(2)21(25)22-3)20(24)13-17-8-10-19(26-4)11-9-17/h5-12,16H,13-14H2,1-4H3,(H,22,25)/t16-/m1/s1. The van der Waals surface area contributed by atoms with Crippen LogP contribution in [0.4, 0.5) is 0 Å². The van der Waals surface area contributed by atoms with Crippen LogP contribution < -0.4 is 10.1 Å². The van der Waals surface area contributed by atoms with Gasteiger partial charge in [-0.05, 0) is 37.1 Å². The van der Waals surface area contributed by atoms with Crippen molar-refractivity contribution in [3.05, 3.63) is 65.2 Å². The zero-order valence-corrected chi connectivity index (χ0v) is 15.8. The van der Waals surface area contributed by atoms with Crippen LogP contribution in [0.2, 0.25) is 0 Å². The van der Waals surface area contributed by atoms with Crippen LogP contribution in [-0.2, 0) is 22.6 Å². The fraction of sp³-hybridized carbons (Fsp3) is 0.333. The first-order chi connectivity index (χ1) is 12.4. The van der Waals surface area contributed by atoms with Crippen molar-refractivity contribution in [1.29, 1.82) is 0 Å². The van der Waals surface area contributed by atoms with Gasteiger partial charge in [-0.25, -0.2) is 0 Å². The number of hydrogen-bond acceptors (Lipinski definition) is 3. The lowest BCUT2D eigenvalue weighted by Crippen LogP contribution is -2.47. The number of hydrogen-bond donors (Lipinski definition) is 1. The van der Waals surface area contributed by atoms with E-state index in [-0.39, 0.29) is 18.2 Å². The van der Waals surface area contributed by atoms with Gasteiger partial charge in [-0.3, -0.25) is 9.59 Å². The number of aryl methyl sites for hydroxylation is 1. The van der Waals surface area contributed by atoms with Crippen LogP contribution in [0.1, 0.15) is 23.6 Å². The quantitative estimate of drug-likeness (QED) is 0.832. The Morgan fingerprint density at radius 2 is 1.81 bits per heavy atom. The molecule has 0 heterocycles. The molecule has 0 fully saturated rings. The number of nitrogens with one attached hydrogen (secondary N) is 1. The second kappa shape index (κ2) is 9.04. The monoisotopic (exact) mass is 354 g/mol. The van der Waals surface area contributed by atoms with Crippen LogP contribution in [0.5, 0.6) is 5.75 Å². The van der Waals surface area contributed by atoms with Crippen molar-refractivity contribution in [2.75, 3.05) is 14.2 Å². The molecule has 0 spiro atoms. The third-order valence-corrected chi connectivity index (χ3v) is 4.36. The van der Waals surface area contributed by atoms with Crippen molar-refractivity contribution < 1.29 is 14.3 Å². The summed E-state index contributed by atoms with van der Waals surface area (Å²) in [4.78, 5) is 26.7. The smallest absolute Gasteiger partial charge is 0.242 e. The largest absolute Gasteiger partial charge is 0.497 e. The molecule has 0 bridgehead atoms. The Morgan fingerprint density at radius 1 is 1.12 bits per heavy atom. The minimum absolute atomic E-state index is 0.0900.